The summed E-state index contributed by atoms with van der Waals surface area (Å²) in [6, 6.07) is 0. The third-order valence-electron chi connectivity index (χ3n) is 0.648. The van der Waals surface area contributed by atoms with E-state index < -0.39 is 8.03 Å². The maximum absolute atomic E-state index is 10.2. The van der Waals surface area contributed by atoms with Crippen LogP contribution < -0.4 is 0 Å². The number of rotatable bonds is 3. The van der Waals surface area contributed by atoms with Crippen LogP contribution in [0.4, 0.5) is 0 Å². The zero-order chi connectivity index (χ0) is 6.57. The fraction of sp³-hybridized carbons (Fsp3) is 0.500. The van der Waals surface area contributed by atoms with Gasteiger partial charge in [0.15, 0.2) is 0 Å². The summed E-state index contributed by atoms with van der Waals surface area (Å²) in [5, 5.41) is 0. The van der Waals surface area contributed by atoms with Gasteiger partial charge in [0.1, 0.15) is 0 Å². The van der Waals surface area contributed by atoms with Crippen LogP contribution in [0.5, 0.6) is 0 Å². The Kier molecular flexibility index (Phi) is 4.88. The first-order valence-electron chi connectivity index (χ1n) is 2.34. The Hall–Kier alpha value is 0.644. The van der Waals surface area contributed by atoms with Gasteiger partial charge < -0.3 is 0 Å². The van der Waals surface area contributed by atoms with Gasteiger partial charge in [0, 0.05) is 0 Å². The third-order valence-corrected chi connectivity index (χ3v) is 4.11. The van der Waals surface area contributed by atoms with E-state index in [1.54, 1.807) is 0 Å². The van der Waals surface area contributed by atoms with Crippen LogP contribution in [0.1, 0.15) is 6.92 Å². The summed E-state index contributed by atoms with van der Waals surface area (Å²) in [6.45, 7) is 5.49. The molecule has 1 unspecified atom stereocenters. The Morgan fingerprint density at radius 1 is 2.00 bits per heavy atom. The molecular weight excluding hydrogens is 159 g/mol. The van der Waals surface area contributed by atoms with Crippen molar-refractivity contribution in [1.82, 2.24) is 0 Å². The Morgan fingerprint density at radius 2 is 2.50 bits per heavy atom. The Balaban J connectivity index is 3.49. The summed E-state index contributed by atoms with van der Waals surface area (Å²) >= 11 is -0.304. The summed E-state index contributed by atoms with van der Waals surface area (Å²) in [4.78, 5) is 8.43. The van der Waals surface area contributed by atoms with E-state index in [0.29, 0.717) is 3.62 Å². The van der Waals surface area contributed by atoms with Gasteiger partial charge in [-0.05, 0) is 0 Å². The first kappa shape index (κ1) is 8.64. The van der Waals surface area contributed by atoms with E-state index in [9.17, 15) is 4.57 Å². The van der Waals surface area contributed by atoms with Crippen molar-refractivity contribution >= 4 is 8.03 Å². The van der Waals surface area contributed by atoms with E-state index in [2.05, 4.69) is 6.58 Å². The van der Waals surface area contributed by atoms with Gasteiger partial charge in [0.05, 0.1) is 0 Å². The molecule has 0 radical (unpaired) electrons. The molecule has 0 aliphatic carbocycles. The summed E-state index contributed by atoms with van der Waals surface area (Å²) in [6.07, 6.45) is 0. The molecule has 0 spiro atoms. The van der Waals surface area contributed by atoms with Gasteiger partial charge in [-0.2, -0.15) is 0 Å². The summed E-state index contributed by atoms with van der Waals surface area (Å²) < 4.78 is 11.8. The molecule has 1 N–H and O–H groups in total. The van der Waals surface area contributed by atoms with Gasteiger partial charge in [-0.25, -0.2) is 0 Å². The normalized spacial score (nSPS) is 12.8. The van der Waals surface area contributed by atoms with Crippen molar-refractivity contribution < 1.29 is 28.6 Å². The van der Waals surface area contributed by atoms with E-state index >= 15 is 0 Å². The molecule has 0 amide bonds. The first-order valence-corrected chi connectivity index (χ1v) is 5.58. The Bertz CT molecular complexity index is 113. The van der Waals surface area contributed by atoms with Crippen molar-refractivity contribution in [2.24, 2.45) is 0 Å². The van der Waals surface area contributed by atoms with E-state index in [-0.39, 0.29) is 19.2 Å². The first-order chi connectivity index (χ1) is 3.68. The minimum absolute atomic E-state index is 0.304. The van der Waals surface area contributed by atoms with Gasteiger partial charge in [0.25, 0.3) is 0 Å². The summed E-state index contributed by atoms with van der Waals surface area (Å²) in [5.41, 5.74) is 0. The molecule has 0 aromatic carbocycles. The second-order valence-corrected chi connectivity index (χ2v) is 5.91. The van der Waals surface area contributed by atoms with Gasteiger partial charge in [0.2, 0.25) is 0 Å². The third kappa shape index (κ3) is 3.62. The topological polar surface area (TPSA) is 37.3 Å². The van der Waals surface area contributed by atoms with Crippen LogP contribution in [0.3, 0.4) is 0 Å². The molecule has 0 fully saturated rings. The van der Waals surface area contributed by atoms with Crippen LogP contribution >= 0.6 is 8.03 Å². The van der Waals surface area contributed by atoms with Crippen LogP contribution in [0.15, 0.2) is 10.2 Å². The van der Waals surface area contributed by atoms with Crippen molar-refractivity contribution in [1.29, 1.82) is 0 Å². The Labute approximate surface area is 58.8 Å². The van der Waals surface area contributed by atoms with Crippen molar-refractivity contribution in [3.05, 3.63) is 10.2 Å². The van der Waals surface area contributed by atoms with E-state index in [4.69, 9.17) is 4.89 Å². The zero-order valence-electron chi connectivity index (χ0n) is 4.77. The van der Waals surface area contributed by atoms with Crippen LogP contribution in [0.25, 0.3) is 0 Å². The fourth-order valence-electron chi connectivity index (χ4n) is 0.289. The van der Waals surface area contributed by atoms with Gasteiger partial charge in [-0.3, -0.25) is 0 Å². The standard InChI is InChI=1S/C2H4O2P.C2H5.Ti/c1-2-5(3)4;1-2;/h5H,1H2,(H,3,4);1H2,2H3;. The molecule has 0 heterocycles. The van der Waals surface area contributed by atoms with Crippen molar-refractivity contribution in [3.63, 3.8) is 0 Å². The zero-order valence-corrected chi connectivity index (χ0v) is 7.33. The molecule has 0 saturated heterocycles. The van der Waals surface area contributed by atoms with Gasteiger partial charge in [-0.15, -0.1) is 0 Å². The average molecular weight is 168 g/mol. The van der Waals surface area contributed by atoms with Crippen LogP contribution in [-0.4, -0.2) is 4.89 Å². The van der Waals surface area contributed by atoms with Crippen LogP contribution in [0, 0.1) is 0 Å². The molecule has 0 aliphatic rings. The summed E-state index contributed by atoms with van der Waals surface area (Å²) in [5.74, 6) is 0. The van der Waals surface area contributed by atoms with E-state index in [0.717, 1.165) is 4.73 Å². The molecule has 46 valence electrons. The van der Waals surface area contributed by atoms with Crippen molar-refractivity contribution in [3.8, 4) is 0 Å². The maximum atomic E-state index is 10.2. The molecule has 0 bridgehead atoms. The fourth-order valence-corrected chi connectivity index (χ4v) is 2.54. The SMILES string of the molecule is C=[C]([Ti][CH2]C)[PH](=O)O. The molecular formula is C4H9O2PTi. The number of hydrogen-bond donors (Lipinski definition) is 1. The number of hydrogen-bond acceptors (Lipinski definition) is 1. The average Bonchev–Trinajstić information content (AvgIpc) is 1.67. The molecule has 0 saturated carbocycles. The van der Waals surface area contributed by atoms with Crippen LogP contribution in [-0.2, 0) is 23.7 Å². The molecule has 8 heavy (non-hydrogen) atoms. The monoisotopic (exact) mass is 168 g/mol. The van der Waals surface area contributed by atoms with Gasteiger partial charge in [-0.1, -0.05) is 0 Å². The van der Waals surface area contributed by atoms with Crippen LogP contribution in [0.2, 0.25) is 4.73 Å². The van der Waals surface area contributed by atoms with E-state index in [1.165, 1.54) is 0 Å². The molecule has 0 aromatic heterocycles. The molecule has 2 nitrogen and oxygen atoms in total. The van der Waals surface area contributed by atoms with Gasteiger partial charge >= 0.3 is 58.5 Å². The van der Waals surface area contributed by atoms with Crippen molar-refractivity contribution in [2.75, 3.05) is 0 Å². The quantitative estimate of drug-likeness (QED) is 0.511. The summed E-state index contributed by atoms with van der Waals surface area (Å²) in [7, 11) is -2.36. The molecule has 0 aromatic rings. The molecule has 1 atom stereocenters. The Morgan fingerprint density at radius 3 is 2.62 bits per heavy atom. The van der Waals surface area contributed by atoms with E-state index in [1.807, 2.05) is 6.92 Å². The second kappa shape index (κ2) is 4.52. The second-order valence-electron chi connectivity index (χ2n) is 1.31. The predicted molar refractivity (Wildman–Crippen MR) is 30.8 cm³/mol. The minimum atomic E-state index is -2.36. The molecule has 4 heteroatoms. The molecule has 0 aliphatic heterocycles. The predicted octanol–water partition coefficient (Wildman–Crippen LogP) is 1.45. The molecule has 0 rings (SSSR count). The van der Waals surface area contributed by atoms with Crippen molar-refractivity contribution in [2.45, 2.75) is 11.6 Å².